The van der Waals surface area contributed by atoms with Crippen LogP contribution < -0.4 is 4.90 Å². The first-order valence-electron chi connectivity index (χ1n) is 10.9. The van der Waals surface area contributed by atoms with Gasteiger partial charge in [0.15, 0.2) is 11.6 Å². The molecule has 1 atom stereocenters. The summed E-state index contributed by atoms with van der Waals surface area (Å²) in [6.45, 7) is 4.36. The number of piperidine rings is 2. The predicted octanol–water partition coefficient (Wildman–Crippen LogP) is 2.73. The Morgan fingerprint density at radius 2 is 1.73 bits per heavy atom. The van der Waals surface area contributed by atoms with Gasteiger partial charge in [-0.1, -0.05) is 30.3 Å². The number of ether oxygens (including phenoxy) is 2. The van der Waals surface area contributed by atoms with Gasteiger partial charge in [0.2, 0.25) is 5.91 Å². The highest BCUT2D eigenvalue weighted by molar-refractivity contribution is 5.80. The molecular formula is C23H28N4O3. The summed E-state index contributed by atoms with van der Waals surface area (Å²) in [7, 11) is 0. The van der Waals surface area contributed by atoms with Gasteiger partial charge in [-0.05, 0) is 25.0 Å². The van der Waals surface area contributed by atoms with E-state index in [0.29, 0.717) is 32.8 Å². The lowest BCUT2D eigenvalue weighted by molar-refractivity contribution is -0.188. The molecule has 0 aliphatic carbocycles. The molecule has 3 saturated heterocycles. The summed E-state index contributed by atoms with van der Waals surface area (Å²) >= 11 is 0. The Morgan fingerprint density at radius 1 is 0.967 bits per heavy atom. The van der Waals surface area contributed by atoms with E-state index in [-0.39, 0.29) is 11.8 Å². The van der Waals surface area contributed by atoms with Crippen LogP contribution in [0, 0.1) is 5.92 Å². The summed E-state index contributed by atoms with van der Waals surface area (Å²) in [5.74, 6) is 0.665. The van der Waals surface area contributed by atoms with Crippen molar-refractivity contribution in [2.45, 2.75) is 31.5 Å². The topological polar surface area (TPSA) is 67.8 Å². The zero-order valence-electron chi connectivity index (χ0n) is 17.2. The van der Waals surface area contributed by atoms with Crippen LogP contribution in [0.5, 0.6) is 0 Å². The lowest BCUT2D eigenvalue weighted by Gasteiger charge is -2.40. The molecule has 0 saturated carbocycles. The number of nitrogens with zero attached hydrogens (tertiary/aromatic N) is 4. The average molecular weight is 409 g/mol. The zero-order valence-corrected chi connectivity index (χ0v) is 17.2. The Bertz CT molecular complexity index is 858. The minimum atomic E-state index is -0.439. The summed E-state index contributed by atoms with van der Waals surface area (Å²) in [4.78, 5) is 17.3. The molecule has 1 aromatic heterocycles. The molecule has 1 unspecified atom stereocenters. The quantitative estimate of drug-likeness (QED) is 0.778. The Morgan fingerprint density at radius 3 is 2.43 bits per heavy atom. The molecule has 3 aliphatic heterocycles. The van der Waals surface area contributed by atoms with Crippen LogP contribution in [0.1, 0.15) is 25.7 Å². The van der Waals surface area contributed by atoms with Crippen LogP contribution in [0.3, 0.4) is 0 Å². The number of likely N-dealkylation sites (tertiary alicyclic amines) is 1. The molecule has 1 spiro atoms. The molecule has 0 radical (unpaired) electrons. The lowest BCUT2D eigenvalue weighted by Crippen LogP contribution is -2.51. The SMILES string of the molecule is O=C(C1CCCN(c2ccc(-c3ccccc3)nn2)C1)N1CCC2(CC1)OCCO2. The molecule has 1 aromatic carbocycles. The number of hydrogen-bond acceptors (Lipinski definition) is 6. The number of hydrogen-bond donors (Lipinski definition) is 0. The van der Waals surface area contributed by atoms with Gasteiger partial charge in [-0.3, -0.25) is 4.79 Å². The van der Waals surface area contributed by atoms with Gasteiger partial charge in [0, 0.05) is 44.6 Å². The average Bonchev–Trinajstić information content (AvgIpc) is 3.28. The zero-order chi connectivity index (χ0) is 20.4. The molecular weight excluding hydrogens is 380 g/mol. The smallest absolute Gasteiger partial charge is 0.227 e. The summed E-state index contributed by atoms with van der Waals surface area (Å²) in [6.07, 6.45) is 3.45. The van der Waals surface area contributed by atoms with Gasteiger partial charge < -0.3 is 19.3 Å². The molecule has 3 fully saturated rings. The maximum absolute atomic E-state index is 13.2. The number of carbonyl (C=O) groups excluding carboxylic acids is 1. The third kappa shape index (κ3) is 3.91. The van der Waals surface area contributed by atoms with Crippen LogP contribution in [0.25, 0.3) is 11.3 Å². The van der Waals surface area contributed by atoms with E-state index >= 15 is 0 Å². The molecule has 158 valence electrons. The summed E-state index contributed by atoms with van der Waals surface area (Å²) in [5, 5.41) is 8.86. The predicted molar refractivity (Wildman–Crippen MR) is 113 cm³/mol. The molecule has 3 aliphatic rings. The van der Waals surface area contributed by atoms with E-state index in [1.807, 2.05) is 47.4 Å². The summed E-state index contributed by atoms with van der Waals surface area (Å²) in [6, 6.07) is 14.1. The first kappa shape index (κ1) is 19.5. The normalized spacial score (nSPS) is 23.7. The largest absolute Gasteiger partial charge is 0.354 e. The number of benzene rings is 1. The Kier molecular flexibility index (Phi) is 5.39. The van der Waals surface area contributed by atoms with Crippen molar-refractivity contribution >= 4 is 11.7 Å². The minimum absolute atomic E-state index is 0.00816. The van der Waals surface area contributed by atoms with E-state index in [1.165, 1.54) is 0 Å². The van der Waals surface area contributed by atoms with Crippen molar-refractivity contribution in [3.63, 3.8) is 0 Å². The van der Waals surface area contributed by atoms with Crippen molar-refractivity contribution < 1.29 is 14.3 Å². The molecule has 4 heterocycles. The van der Waals surface area contributed by atoms with E-state index < -0.39 is 5.79 Å². The fourth-order valence-corrected chi connectivity index (χ4v) is 4.76. The minimum Gasteiger partial charge on any atom is -0.354 e. The fourth-order valence-electron chi connectivity index (χ4n) is 4.76. The highest BCUT2D eigenvalue weighted by Crippen LogP contribution is 2.32. The van der Waals surface area contributed by atoms with E-state index in [2.05, 4.69) is 15.1 Å². The maximum Gasteiger partial charge on any atom is 0.227 e. The second-order valence-corrected chi connectivity index (χ2v) is 8.36. The van der Waals surface area contributed by atoms with Crippen molar-refractivity contribution in [3.05, 3.63) is 42.5 Å². The maximum atomic E-state index is 13.2. The van der Waals surface area contributed by atoms with E-state index in [9.17, 15) is 4.79 Å². The molecule has 5 rings (SSSR count). The molecule has 7 heteroatoms. The monoisotopic (exact) mass is 408 g/mol. The highest BCUT2D eigenvalue weighted by atomic mass is 16.7. The molecule has 7 nitrogen and oxygen atoms in total. The van der Waals surface area contributed by atoms with Gasteiger partial charge in [0.1, 0.15) is 0 Å². The van der Waals surface area contributed by atoms with E-state index in [4.69, 9.17) is 9.47 Å². The van der Waals surface area contributed by atoms with Gasteiger partial charge >= 0.3 is 0 Å². The third-order valence-electron chi connectivity index (χ3n) is 6.47. The van der Waals surface area contributed by atoms with Crippen LogP contribution >= 0.6 is 0 Å². The van der Waals surface area contributed by atoms with Crippen LogP contribution in [0.4, 0.5) is 5.82 Å². The first-order chi connectivity index (χ1) is 14.7. The van der Waals surface area contributed by atoms with Gasteiger partial charge in [-0.2, -0.15) is 0 Å². The molecule has 1 amide bonds. The van der Waals surface area contributed by atoms with Crippen molar-refractivity contribution in [2.24, 2.45) is 5.92 Å². The molecule has 30 heavy (non-hydrogen) atoms. The molecule has 0 bridgehead atoms. The molecule has 0 N–H and O–H groups in total. The summed E-state index contributed by atoms with van der Waals surface area (Å²) in [5.41, 5.74) is 1.92. The fraction of sp³-hybridized carbons (Fsp3) is 0.522. The third-order valence-corrected chi connectivity index (χ3v) is 6.47. The number of carbonyl (C=O) groups is 1. The highest BCUT2D eigenvalue weighted by Gasteiger charge is 2.42. The van der Waals surface area contributed by atoms with Gasteiger partial charge in [0.05, 0.1) is 24.8 Å². The number of rotatable bonds is 3. The van der Waals surface area contributed by atoms with Gasteiger partial charge in [0.25, 0.3) is 0 Å². The lowest BCUT2D eigenvalue weighted by atomic mass is 9.94. The van der Waals surface area contributed by atoms with E-state index in [1.54, 1.807) is 0 Å². The van der Waals surface area contributed by atoms with Crippen LogP contribution in [-0.4, -0.2) is 66.2 Å². The van der Waals surface area contributed by atoms with Crippen molar-refractivity contribution in [1.82, 2.24) is 15.1 Å². The van der Waals surface area contributed by atoms with Gasteiger partial charge in [-0.15, -0.1) is 10.2 Å². The molecule has 2 aromatic rings. The number of amides is 1. The Balaban J connectivity index is 1.21. The number of aromatic nitrogens is 2. The second kappa shape index (κ2) is 8.32. The van der Waals surface area contributed by atoms with Crippen LogP contribution in [0.15, 0.2) is 42.5 Å². The van der Waals surface area contributed by atoms with Crippen molar-refractivity contribution in [3.8, 4) is 11.3 Å². The Hall–Kier alpha value is -2.51. The van der Waals surface area contributed by atoms with Crippen LogP contribution in [-0.2, 0) is 14.3 Å². The van der Waals surface area contributed by atoms with E-state index in [0.717, 1.165) is 49.3 Å². The van der Waals surface area contributed by atoms with Crippen molar-refractivity contribution in [2.75, 3.05) is 44.3 Å². The standard InChI is InChI=1S/C23H28N4O3/c28-22(26-13-10-23(11-14-26)29-15-16-30-23)19-7-4-12-27(17-19)21-9-8-20(24-25-21)18-5-2-1-3-6-18/h1-3,5-6,8-9,19H,4,7,10-17H2. The summed E-state index contributed by atoms with van der Waals surface area (Å²) < 4.78 is 11.6. The van der Waals surface area contributed by atoms with Gasteiger partial charge in [-0.25, -0.2) is 0 Å². The first-order valence-corrected chi connectivity index (χ1v) is 10.9. The van der Waals surface area contributed by atoms with Crippen molar-refractivity contribution in [1.29, 1.82) is 0 Å². The second-order valence-electron chi connectivity index (χ2n) is 8.36. The van der Waals surface area contributed by atoms with Crippen LogP contribution in [0.2, 0.25) is 0 Å². The number of anilines is 1. The Labute approximate surface area is 177 Å².